The minimum Gasteiger partial charge on any atom is -0.391 e. The lowest BCUT2D eigenvalue weighted by atomic mass is 9.92. The third-order valence-electron chi connectivity index (χ3n) is 5.50. The molecule has 9 heteroatoms. The van der Waals surface area contributed by atoms with E-state index in [4.69, 9.17) is 4.74 Å². The number of carbonyl (C=O) groups is 2. The number of aliphatic hydroxyl groups excluding tert-OH is 1. The molecule has 0 aromatic carbocycles. The highest BCUT2D eigenvalue weighted by molar-refractivity contribution is 7.91. The van der Waals surface area contributed by atoms with Gasteiger partial charge in [0.15, 0.2) is 9.84 Å². The van der Waals surface area contributed by atoms with Crippen molar-refractivity contribution >= 4 is 21.7 Å². The Hall–Kier alpha value is -1.19. The van der Waals surface area contributed by atoms with Crippen molar-refractivity contribution in [2.45, 2.75) is 43.8 Å². The molecule has 0 aliphatic carbocycles. The summed E-state index contributed by atoms with van der Waals surface area (Å²) in [6, 6.07) is 0. The number of sulfone groups is 1. The second kappa shape index (κ2) is 7.20. The van der Waals surface area contributed by atoms with E-state index in [0.29, 0.717) is 58.3 Å². The molecule has 0 aromatic heterocycles. The maximum absolute atomic E-state index is 12.5. The number of carbonyl (C=O) groups excluding carboxylic acids is 2. The Morgan fingerprint density at radius 3 is 2.36 bits per heavy atom. The van der Waals surface area contributed by atoms with Gasteiger partial charge in [0.1, 0.15) is 0 Å². The Morgan fingerprint density at radius 2 is 1.68 bits per heavy atom. The molecule has 3 rings (SSSR count). The predicted molar refractivity (Wildman–Crippen MR) is 89.6 cm³/mol. The average molecular weight is 374 g/mol. The second-order valence-corrected chi connectivity index (χ2v) is 9.58. The molecule has 0 aromatic rings. The van der Waals surface area contributed by atoms with E-state index >= 15 is 0 Å². The molecule has 8 nitrogen and oxygen atoms in total. The summed E-state index contributed by atoms with van der Waals surface area (Å²) in [6.07, 6.45) is 2.23. The molecule has 0 radical (unpaired) electrons. The van der Waals surface area contributed by atoms with Crippen LogP contribution in [-0.2, 0) is 24.2 Å². The normalized spacial score (nSPS) is 29.2. The highest BCUT2D eigenvalue weighted by atomic mass is 32.2. The fourth-order valence-corrected chi connectivity index (χ4v) is 5.38. The Bertz CT molecular complexity index is 621. The van der Waals surface area contributed by atoms with E-state index in [-0.39, 0.29) is 18.1 Å². The van der Waals surface area contributed by atoms with Gasteiger partial charge in [-0.25, -0.2) is 8.42 Å². The molecule has 1 spiro atoms. The van der Waals surface area contributed by atoms with Crippen molar-refractivity contribution in [2.24, 2.45) is 0 Å². The molecule has 1 N–H and O–H groups in total. The van der Waals surface area contributed by atoms with Gasteiger partial charge in [0, 0.05) is 26.2 Å². The number of ether oxygens (including phenoxy) is 1. The molecule has 0 unspecified atom stereocenters. The number of aliphatic hydroxyl groups is 1. The first kappa shape index (κ1) is 18.6. The highest BCUT2D eigenvalue weighted by Crippen LogP contribution is 2.32. The van der Waals surface area contributed by atoms with Gasteiger partial charge in [-0.1, -0.05) is 0 Å². The van der Waals surface area contributed by atoms with Gasteiger partial charge in [-0.3, -0.25) is 9.59 Å². The number of hydrogen-bond donors (Lipinski definition) is 1. The molecule has 2 amide bonds. The van der Waals surface area contributed by atoms with Gasteiger partial charge in [-0.15, -0.1) is 0 Å². The van der Waals surface area contributed by atoms with Crippen LogP contribution in [0.3, 0.4) is 0 Å². The zero-order valence-electron chi connectivity index (χ0n) is 14.4. The monoisotopic (exact) mass is 374 g/mol. The molecule has 25 heavy (non-hydrogen) atoms. The zero-order valence-corrected chi connectivity index (χ0v) is 15.2. The van der Waals surface area contributed by atoms with Crippen molar-refractivity contribution in [3.63, 3.8) is 0 Å². The van der Waals surface area contributed by atoms with E-state index in [9.17, 15) is 23.1 Å². The molecule has 3 saturated heterocycles. The van der Waals surface area contributed by atoms with Crippen LogP contribution in [0, 0.1) is 0 Å². The van der Waals surface area contributed by atoms with E-state index in [1.165, 1.54) is 9.80 Å². The van der Waals surface area contributed by atoms with Gasteiger partial charge in [-0.2, -0.15) is 0 Å². The third-order valence-corrected chi connectivity index (χ3v) is 7.15. The molecule has 142 valence electrons. The van der Waals surface area contributed by atoms with Crippen molar-refractivity contribution in [1.29, 1.82) is 0 Å². The van der Waals surface area contributed by atoms with Gasteiger partial charge >= 0.3 is 11.8 Å². The zero-order chi connectivity index (χ0) is 18.1. The van der Waals surface area contributed by atoms with E-state index in [2.05, 4.69) is 0 Å². The molecule has 3 aliphatic heterocycles. The summed E-state index contributed by atoms with van der Waals surface area (Å²) in [5, 5.41) is 9.69. The standard InChI is InChI=1S/C16H26N2O6S/c19-13-2-1-6-18(12-13)15(21)14(20)17-7-3-16(24-9-8-17)4-10-25(22,23)11-5-16/h13,19H,1-12H2/t13-/m0/s1. The van der Waals surface area contributed by atoms with E-state index in [1.807, 2.05) is 0 Å². The summed E-state index contributed by atoms with van der Waals surface area (Å²) in [5.41, 5.74) is -0.495. The molecular formula is C16H26N2O6S. The number of nitrogens with zero attached hydrogens (tertiary/aromatic N) is 2. The predicted octanol–water partition coefficient (Wildman–Crippen LogP) is -0.834. The van der Waals surface area contributed by atoms with Gasteiger partial charge in [0.25, 0.3) is 0 Å². The van der Waals surface area contributed by atoms with E-state index in [1.54, 1.807) is 0 Å². The molecule has 3 aliphatic rings. The van der Waals surface area contributed by atoms with Crippen LogP contribution in [0.25, 0.3) is 0 Å². The van der Waals surface area contributed by atoms with Crippen LogP contribution in [-0.4, -0.2) is 91.1 Å². The number of β-amino-alcohol motifs (C(OH)–C–C–N with tert-alkyl or cyclic N) is 1. The smallest absolute Gasteiger partial charge is 0.312 e. The molecule has 3 fully saturated rings. The summed E-state index contributed by atoms with van der Waals surface area (Å²) in [5.74, 6) is -0.893. The third kappa shape index (κ3) is 4.32. The van der Waals surface area contributed by atoms with E-state index in [0.717, 1.165) is 0 Å². The first-order chi connectivity index (χ1) is 11.8. The molecular weight excluding hydrogens is 348 g/mol. The Kier molecular flexibility index (Phi) is 5.36. The first-order valence-electron chi connectivity index (χ1n) is 8.91. The molecule has 3 heterocycles. The largest absolute Gasteiger partial charge is 0.391 e. The van der Waals surface area contributed by atoms with Crippen LogP contribution >= 0.6 is 0 Å². The van der Waals surface area contributed by atoms with Crippen molar-refractivity contribution < 1.29 is 27.9 Å². The lowest BCUT2D eigenvalue weighted by Gasteiger charge is -2.35. The highest BCUT2D eigenvalue weighted by Gasteiger charge is 2.41. The Morgan fingerprint density at radius 1 is 1.00 bits per heavy atom. The van der Waals surface area contributed by atoms with Gasteiger partial charge < -0.3 is 19.6 Å². The van der Waals surface area contributed by atoms with Crippen molar-refractivity contribution in [2.75, 3.05) is 44.3 Å². The van der Waals surface area contributed by atoms with Gasteiger partial charge in [-0.05, 0) is 32.1 Å². The summed E-state index contributed by atoms with van der Waals surface area (Å²) in [4.78, 5) is 27.9. The first-order valence-corrected chi connectivity index (χ1v) is 10.7. The minimum atomic E-state index is -2.98. The quantitative estimate of drug-likeness (QED) is 0.555. The van der Waals surface area contributed by atoms with Crippen LogP contribution in [0.1, 0.15) is 32.1 Å². The number of piperidine rings is 1. The van der Waals surface area contributed by atoms with Crippen LogP contribution in [0.2, 0.25) is 0 Å². The summed E-state index contributed by atoms with van der Waals surface area (Å²) in [7, 11) is -2.98. The molecule has 1 atom stereocenters. The molecule has 0 bridgehead atoms. The Labute approximate surface area is 148 Å². The summed E-state index contributed by atoms with van der Waals surface area (Å²) in [6.45, 7) is 1.72. The number of amides is 2. The lowest BCUT2D eigenvalue weighted by molar-refractivity contribution is -0.153. The van der Waals surface area contributed by atoms with Crippen molar-refractivity contribution in [3.05, 3.63) is 0 Å². The van der Waals surface area contributed by atoms with E-state index < -0.39 is 33.4 Å². The van der Waals surface area contributed by atoms with Crippen LogP contribution in [0.4, 0.5) is 0 Å². The van der Waals surface area contributed by atoms with Crippen LogP contribution in [0.5, 0.6) is 0 Å². The average Bonchev–Trinajstić information content (AvgIpc) is 2.80. The number of hydrogen-bond acceptors (Lipinski definition) is 6. The number of likely N-dealkylation sites (tertiary alicyclic amines) is 1. The lowest BCUT2D eigenvalue weighted by Crippen LogP contribution is -2.50. The summed E-state index contributed by atoms with van der Waals surface area (Å²) < 4.78 is 29.2. The fourth-order valence-electron chi connectivity index (χ4n) is 3.81. The topological polar surface area (TPSA) is 104 Å². The fraction of sp³-hybridized carbons (Fsp3) is 0.875. The maximum Gasteiger partial charge on any atom is 0.312 e. The SMILES string of the molecule is O=C(C(=O)N1CCC[C@H](O)C1)N1CCOC2(CC1)CCS(=O)(=O)CC2. The number of rotatable bonds is 0. The maximum atomic E-state index is 12.5. The summed E-state index contributed by atoms with van der Waals surface area (Å²) >= 11 is 0. The van der Waals surface area contributed by atoms with Crippen molar-refractivity contribution in [3.8, 4) is 0 Å². The van der Waals surface area contributed by atoms with Crippen LogP contribution < -0.4 is 0 Å². The minimum absolute atomic E-state index is 0.117. The van der Waals surface area contributed by atoms with Gasteiger partial charge in [0.05, 0.1) is 29.8 Å². The van der Waals surface area contributed by atoms with Crippen LogP contribution in [0.15, 0.2) is 0 Å². The van der Waals surface area contributed by atoms with Crippen molar-refractivity contribution in [1.82, 2.24) is 9.80 Å². The second-order valence-electron chi connectivity index (χ2n) is 7.27. The molecule has 0 saturated carbocycles. The van der Waals surface area contributed by atoms with Gasteiger partial charge in [0.2, 0.25) is 0 Å². The Balaban J connectivity index is 1.59.